The Kier molecular flexibility index (Phi) is 5.07. The van der Waals surface area contributed by atoms with Crippen LogP contribution in [0, 0.1) is 0 Å². The molecule has 0 amide bonds. The van der Waals surface area contributed by atoms with E-state index in [1.807, 2.05) is 0 Å². The molecule has 0 spiro atoms. The van der Waals surface area contributed by atoms with Crippen molar-refractivity contribution >= 4 is 0 Å². The van der Waals surface area contributed by atoms with Gasteiger partial charge in [0.25, 0.3) is 0 Å². The van der Waals surface area contributed by atoms with Crippen molar-refractivity contribution in [3.8, 4) is 0 Å². The van der Waals surface area contributed by atoms with Crippen molar-refractivity contribution in [3.05, 3.63) is 0 Å². The number of piperidine rings is 1. The van der Waals surface area contributed by atoms with Crippen LogP contribution in [-0.4, -0.2) is 48.1 Å². The summed E-state index contributed by atoms with van der Waals surface area (Å²) >= 11 is 0. The van der Waals surface area contributed by atoms with Gasteiger partial charge in [0.2, 0.25) is 0 Å². The normalized spacial score (nSPS) is 24.4. The zero-order valence-electron chi connectivity index (χ0n) is 11.2. The van der Waals surface area contributed by atoms with Crippen molar-refractivity contribution < 1.29 is 0 Å². The van der Waals surface area contributed by atoms with Gasteiger partial charge >= 0.3 is 0 Å². The molecular weight excluding hydrogens is 184 g/mol. The highest BCUT2D eigenvalue weighted by molar-refractivity contribution is 4.82. The van der Waals surface area contributed by atoms with Crippen molar-refractivity contribution in [1.29, 1.82) is 0 Å². The lowest BCUT2D eigenvalue weighted by Crippen LogP contribution is -2.49. The topological polar surface area (TPSA) is 6.48 Å². The maximum Gasteiger partial charge on any atom is 0.0225 e. The predicted molar refractivity (Wildman–Crippen MR) is 67.2 cm³/mol. The van der Waals surface area contributed by atoms with Gasteiger partial charge in [-0.3, -0.25) is 4.90 Å². The van der Waals surface area contributed by atoms with E-state index < -0.39 is 0 Å². The Balaban J connectivity index is 2.49. The van der Waals surface area contributed by atoms with E-state index in [2.05, 4.69) is 44.5 Å². The Bertz CT molecular complexity index is 177. The first-order valence-corrected chi connectivity index (χ1v) is 6.48. The predicted octanol–water partition coefficient (Wildman–Crippen LogP) is 2.59. The minimum atomic E-state index is 0.668. The summed E-state index contributed by atoms with van der Waals surface area (Å²) in [7, 11) is 2.25. The number of likely N-dealkylation sites (N-methyl/N-ethyl adjacent to an activating group) is 1. The number of hydrogen-bond donors (Lipinski definition) is 0. The van der Waals surface area contributed by atoms with Gasteiger partial charge in [-0.15, -0.1) is 0 Å². The molecular formula is C13H28N2. The van der Waals surface area contributed by atoms with Crippen molar-refractivity contribution in [2.75, 3.05) is 20.1 Å². The molecule has 0 saturated carbocycles. The quantitative estimate of drug-likeness (QED) is 0.707. The molecule has 1 rings (SSSR count). The van der Waals surface area contributed by atoms with Crippen LogP contribution < -0.4 is 0 Å². The number of likely N-dealkylation sites (tertiary alicyclic amines) is 1. The lowest BCUT2D eigenvalue weighted by Gasteiger charge is -2.41. The van der Waals surface area contributed by atoms with Gasteiger partial charge < -0.3 is 4.90 Å². The summed E-state index contributed by atoms with van der Waals surface area (Å²) in [5, 5.41) is 0. The molecule has 15 heavy (non-hydrogen) atoms. The maximum atomic E-state index is 2.68. The molecule has 1 aliphatic rings. The van der Waals surface area contributed by atoms with E-state index >= 15 is 0 Å². The van der Waals surface area contributed by atoms with Gasteiger partial charge in [0, 0.05) is 24.7 Å². The third kappa shape index (κ3) is 3.76. The first-order chi connectivity index (χ1) is 7.02. The number of nitrogens with zero attached hydrogens (tertiary/aromatic N) is 2. The summed E-state index contributed by atoms with van der Waals surface area (Å²) in [6, 6.07) is 2.16. The minimum absolute atomic E-state index is 0.668. The van der Waals surface area contributed by atoms with Crippen molar-refractivity contribution in [2.45, 2.75) is 65.1 Å². The standard InChI is InChI=1S/C13H28N2/c1-11(2)14(5)10-13-8-6-7-9-15(13)12(3)4/h11-13H,6-10H2,1-5H3. The van der Waals surface area contributed by atoms with Crippen LogP contribution in [-0.2, 0) is 0 Å². The lowest BCUT2D eigenvalue weighted by molar-refractivity contribution is 0.0775. The van der Waals surface area contributed by atoms with Crippen molar-refractivity contribution in [2.24, 2.45) is 0 Å². The van der Waals surface area contributed by atoms with E-state index in [9.17, 15) is 0 Å². The third-order valence-corrected chi connectivity index (χ3v) is 3.72. The molecule has 1 saturated heterocycles. The lowest BCUT2D eigenvalue weighted by atomic mass is 9.99. The minimum Gasteiger partial charge on any atom is -0.302 e. The average Bonchev–Trinajstić information content (AvgIpc) is 2.18. The monoisotopic (exact) mass is 212 g/mol. The molecule has 0 aromatic heterocycles. The molecule has 1 atom stereocenters. The Morgan fingerprint density at radius 3 is 2.40 bits per heavy atom. The van der Waals surface area contributed by atoms with Crippen LogP contribution in [0.15, 0.2) is 0 Å². The Labute approximate surface area is 95.6 Å². The van der Waals surface area contributed by atoms with Crippen LogP contribution in [0.25, 0.3) is 0 Å². The summed E-state index contributed by atoms with van der Waals surface area (Å²) in [5.74, 6) is 0. The SMILES string of the molecule is CC(C)N(C)CC1CCCCN1C(C)C. The zero-order valence-corrected chi connectivity index (χ0v) is 11.2. The van der Waals surface area contributed by atoms with Crippen LogP contribution in [0.4, 0.5) is 0 Å². The van der Waals surface area contributed by atoms with Gasteiger partial charge in [0.05, 0.1) is 0 Å². The molecule has 1 fully saturated rings. The first-order valence-electron chi connectivity index (χ1n) is 6.48. The molecule has 0 bridgehead atoms. The first kappa shape index (κ1) is 13.0. The van der Waals surface area contributed by atoms with Crippen LogP contribution in [0.1, 0.15) is 47.0 Å². The van der Waals surface area contributed by atoms with E-state index in [-0.39, 0.29) is 0 Å². The Morgan fingerprint density at radius 1 is 1.20 bits per heavy atom. The largest absolute Gasteiger partial charge is 0.302 e. The number of hydrogen-bond acceptors (Lipinski definition) is 2. The molecule has 2 heteroatoms. The fourth-order valence-electron chi connectivity index (χ4n) is 2.44. The molecule has 1 unspecified atom stereocenters. The fraction of sp³-hybridized carbons (Fsp3) is 1.00. The highest BCUT2D eigenvalue weighted by Crippen LogP contribution is 2.20. The van der Waals surface area contributed by atoms with Gasteiger partial charge in [-0.1, -0.05) is 6.42 Å². The second-order valence-electron chi connectivity index (χ2n) is 5.51. The molecule has 0 N–H and O–H groups in total. The molecule has 0 aromatic rings. The van der Waals surface area contributed by atoms with Gasteiger partial charge in [0.1, 0.15) is 0 Å². The van der Waals surface area contributed by atoms with Crippen LogP contribution in [0.2, 0.25) is 0 Å². The van der Waals surface area contributed by atoms with E-state index in [1.165, 1.54) is 32.4 Å². The van der Waals surface area contributed by atoms with Gasteiger partial charge in [-0.2, -0.15) is 0 Å². The van der Waals surface area contributed by atoms with Crippen LogP contribution in [0.3, 0.4) is 0 Å². The second kappa shape index (κ2) is 5.86. The van der Waals surface area contributed by atoms with E-state index in [1.54, 1.807) is 0 Å². The highest BCUT2D eigenvalue weighted by atomic mass is 15.2. The van der Waals surface area contributed by atoms with Crippen LogP contribution in [0.5, 0.6) is 0 Å². The van der Waals surface area contributed by atoms with E-state index in [0.717, 1.165) is 6.04 Å². The second-order valence-corrected chi connectivity index (χ2v) is 5.51. The zero-order chi connectivity index (χ0) is 11.4. The maximum absolute atomic E-state index is 2.68. The molecule has 90 valence electrons. The highest BCUT2D eigenvalue weighted by Gasteiger charge is 2.25. The van der Waals surface area contributed by atoms with Crippen molar-refractivity contribution in [3.63, 3.8) is 0 Å². The summed E-state index contributed by atoms with van der Waals surface area (Å²) in [6.45, 7) is 11.7. The molecule has 0 aromatic carbocycles. The number of rotatable bonds is 4. The molecule has 0 aliphatic carbocycles. The van der Waals surface area contributed by atoms with Crippen molar-refractivity contribution in [1.82, 2.24) is 9.80 Å². The molecule has 1 aliphatic heterocycles. The summed E-state index contributed by atoms with van der Waals surface area (Å²) in [4.78, 5) is 5.16. The molecule has 1 heterocycles. The van der Waals surface area contributed by atoms with E-state index in [4.69, 9.17) is 0 Å². The summed E-state index contributed by atoms with van der Waals surface area (Å²) in [5.41, 5.74) is 0. The molecule has 0 radical (unpaired) electrons. The van der Waals surface area contributed by atoms with E-state index in [0.29, 0.717) is 12.1 Å². The smallest absolute Gasteiger partial charge is 0.0225 e. The Hall–Kier alpha value is -0.0800. The van der Waals surface area contributed by atoms with Crippen LogP contribution >= 0.6 is 0 Å². The van der Waals surface area contributed by atoms with Gasteiger partial charge in [0.15, 0.2) is 0 Å². The third-order valence-electron chi connectivity index (χ3n) is 3.72. The summed E-state index contributed by atoms with van der Waals surface area (Å²) in [6.07, 6.45) is 4.19. The fourth-order valence-corrected chi connectivity index (χ4v) is 2.44. The average molecular weight is 212 g/mol. The molecule has 2 nitrogen and oxygen atoms in total. The summed E-state index contributed by atoms with van der Waals surface area (Å²) < 4.78 is 0. The van der Waals surface area contributed by atoms with Gasteiger partial charge in [-0.25, -0.2) is 0 Å². The Morgan fingerprint density at radius 2 is 1.87 bits per heavy atom. The van der Waals surface area contributed by atoms with Gasteiger partial charge in [-0.05, 0) is 54.1 Å².